The highest BCUT2D eigenvalue weighted by Gasteiger charge is 2.31. The van der Waals surface area contributed by atoms with Crippen molar-refractivity contribution in [1.82, 2.24) is 30.1 Å². The topological polar surface area (TPSA) is 101 Å². The molecule has 2 amide bonds. The number of fused-ring (bicyclic) bond motifs is 1. The average molecular weight is 386 g/mol. The smallest absolute Gasteiger partial charge is 0.240 e. The Morgan fingerprint density at radius 2 is 2.07 bits per heavy atom. The Morgan fingerprint density at radius 3 is 2.82 bits per heavy atom. The third kappa shape index (κ3) is 3.80. The van der Waals surface area contributed by atoms with Crippen molar-refractivity contribution >= 4 is 17.5 Å². The molecule has 2 aliphatic rings. The van der Waals surface area contributed by atoms with Crippen LogP contribution in [0.5, 0.6) is 5.88 Å². The molecule has 4 rings (SSSR count). The highest BCUT2D eigenvalue weighted by atomic mass is 16.5. The number of hydrogen-bond donors (Lipinski definition) is 2. The summed E-state index contributed by atoms with van der Waals surface area (Å²) in [6.07, 6.45) is 1.98. The fourth-order valence-corrected chi connectivity index (χ4v) is 3.73. The minimum Gasteiger partial charge on any atom is -0.476 e. The summed E-state index contributed by atoms with van der Waals surface area (Å²) in [6.45, 7) is 6.28. The number of nitrogens with one attached hydrogen (secondary N) is 2. The first-order valence-electron chi connectivity index (χ1n) is 9.76. The molecule has 1 atom stereocenters. The lowest BCUT2D eigenvalue weighted by atomic mass is 9.97. The van der Waals surface area contributed by atoms with E-state index in [9.17, 15) is 9.59 Å². The predicted octanol–water partition coefficient (Wildman–Crippen LogP) is 0.399. The fraction of sp³-hybridized carbons (Fsp3) is 0.579. The van der Waals surface area contributed by atoms with Crippen molar-refractivity contribution in [1.29, 1.82) is 0 Å². The molecule has 9 nitrogen and oxygen atoms in total. The summed E-state index contributed by atoms with van der Waals surface area (Å²) in [6, 6.07) is 3.36. The van der Waals surface area contributed by atoms with Gasteiger partial charge in [0, 0.05) is 19.2 Å². The third-order valence-corrected chi connectivity index (χ3v) is 5.63. The molecule has 0 aliphatic carbocycles. The molecule has 0 bridgehead atoms. The van der Waals surface area contributed by atoms with Gasteiger partial charge in [0.15, 0.2) is 5.65 Å². The minimum absolute atomic E-state index is 0.0206. The van der Waals surface area contributed by atoms with Crippen LogP contribution in [0.2, 0.25) is 0 Å². The number of nitrogens with zero attached hydrogens (tertiary/aromatic N) is 4. The molecule has 2 aromatic rings. The number of rotatable bonds is 4. The average Bonchev–Trinajstić information content (AvgIpc) is 3.00. The van der Waals surface area contributed by atoms with Crippen LogP contribution in [0.15, 0.2) is 12.1 Å². The van der Waals surface area contributed by atoms with E-state index >= 15 is 0 Å². The maximum atomic E-state index is 12.6. The Morgan fingerprint density at radius 1 is 1.29 bits per heavy atom. The van der Waals surface area contributed by atoms with Crippen molar-refractivity contribution < 1.29 is 14.3 Å². The van der Waals surface area contributed by atoms with Gasteiger partial charge in [-0.1, -0.05) is 0 Å². The normalized spacial score (nSPS) is 21.0. The van der Waals surface area contributed by atoms with Gasteiger partial charge in [0.2, 0.25) is 17.7 Å². The van der Waals surface area contributed by atoms with Crippen LogP contribution in [-0.2, 0) is 9.59 Å². The van der Waals surface area contributed by atoms with Crippen LogP contribution < -0.4 is 15.4 Å². The lowest BCUT2D eigenvalue weighted by Crippen LogP contribution is -2.56. The first kappa shape index (κ1) is 18.7. The largest absolute Gasteiger partial charge is 0.476 e. The van der Waals surface area contributed by atoms with Gasteiger partial charge in [-0.05, 0) is 38.7 Å². The molecule has 0 aromatic carbocycles. The van der Waals surface area contributed by atoms with Crippen molar-refractivity contribution in [2.45, 2.75) is 39.2 Å². The van der Waals surface area contributed by atoms with Gasteiger partial charge in [-0.2, -0.15) is 0 Å². The summed E-state index contributed by atoms with van der Waals surface area (Å²) >= 11 is 0. The zero-order valence-electron chi connectivity index (χ0n) is 16.3. The maximum absolute atomic E-state index is 12.6. The van der Waals surface area contributed by atoms with Gasteiger partial charge in [0.05, 0.1) is 37.1 Å². The molecule has 28 heavy (non-hydrogen) atoms. The molecule has 2 fully saturated rings. The van der Waals surface area contributed by atoms with E-state index in [1.807, 2.05) is 30.9 Å². The molecule has 2 saturated heterocycles. The molecule has 2 aromatic heterocycles. The highest BCUT2D eigenvalue weighted by Crippen LogP contribution is 2.20. The summed E-state index contributed by atoms with van der Waals surface area (Å²) in [5.74, 6) is 0.916. The lowest BCUT2D eigenvalue weighted by Gasteiger charge is -2.35. The van der Waals surface area contributed by atoms with Crippen LogP contribution in [0.25, 0.3) is 5.65 Å². The molecule has 0 spiro atoms. The van der Waals surface area contributed by atoms with E-state index in [0.29, 0.717) is 38.2 Å². The Bertz CT molecular complexity index is 887. The Balaban J connectivity index is 1.28. The lowest BCUT2D eigenvalue weighted by molar-refractivity contribution is -0.138. The summed E-state index contributed by atoms with van der Waals surface area (Å²) < 4.78 is 7.72. The second-order valence-corrected chi connectivity index (χ2v) is 7.54. The standard InChI is InChI=1S/C19H26N6O3/c1-12-13(2)25-16(22-12)3-4-18(23-25)28-10-14-5-7-24(8-6-14)19(27)15-9-17(26)21-11-20-15/h3-4,14-15,20H,5-11H2,1-2H3,(H,21,26). The SMILES string of the molecule is Cc1nc2ccc(OCC3CCN(C(=O)C4CC(=O)NCN4)CC3)nn2c1C. The van der Waals surface area contributed by atoms with Crippen molar-refractivity contribution in [3.05, 3.63) is 23.5 Å². The van der Waals surface area contributed by atoms with E-state index in [1.54, 1.807) is 4.52 Å². The van der Waals surface area contributed by atoms with Crippen molar-refractivity contribution in [3.63, 3.8) is 0 Å². The first-order valence-corrected chi connectivity index (χ1v) is 9.76. The summed E-state index contributed by atoms with van der Waals surface area (Å²) in [7, 11) is 0. The van der Waals surface area contributed by atoms with E-state index < -0.39 is 6.04 Å². The number of aromatic nitrogens is 3. The van der Waals surface area contributed by atoms with Crippen molar-refractivity contribution in [2.75, 3.05) is 26.4 Å². The van der Waals surface area contributed by atoms with Gasteiger partial charge in [-0.25, -0.2) is 9.50 Å². The number of ether oxygens (including phenoxy) is 1. The van der Waals surface area contributed by atoms with Crippen LogP contribution >= 0.6 is 0 Å². The number of amides is 2. The van der Waals surface area contributed by atoms with Crippen LogP contribution in [0.1, 0.15) is 30.7 Å². The van der Waals surface area contributed by atoms with E-state index in [0.717, 1.165) is 29.9 Å². The molecular formula is C19H26N6O3. The summed E-state index contributed by atoms with van der Waals surface area (Å²) in [4.78, 5) is 30.4. The molecule has 2 aliphatic heterocycles. The highest BCUT2D eigenvalue weighted by molar-refractivity contribution is 5.89. The number of likely N-dealkylation sites (tertiary alicyclic amines) is 1. The molecule has 9 heteroatoms. The van der Waals surface area contributed by atoms with Gasteiger partial charge in [-0.3, -0.25) is 14.9 Å². The fourth-order valence-electron chi connectivity index (χ4n) is 3.73. The van der Waals surface area contributed by atoms with E-state index in [4.69, 9.17) is 4.74 Å². The zero-order chi connectivity index (χ0) is 19.7. The minimum atomic E-state index is -0.403. The van der Waals surface area contributed by atoms with Crippen molar-refractivity contribution in [2.24, 2.45) is 5.92 Å². The van der Waals surface area contributed by atoms with Gasteiger partial charge in [0.1, 0.15) is 0 Å². The number of aryl methyl sites for hydroxylation is 2. The van der Waals surface area contributed by atoms with Crippen molar-refractivity contribution in [3.8, 4) is 5.88 Å². The predicted molar refractivity (Wildman–Crippen MR) is 102 cm³/mol. The number of imidazole rings is 1. The third-order valence-electron chi connectivity index (χ3n) is 5.63. The molecular weight excluding hydrogens is 360 g/mol. The molecule has 4 heterocycles. The number of hydrogen-bond acceptors (Lipinski definition) is 6. The molecule has 2 N–H and O–H groups in total. The maximum Gasteiger partial charge on any atom is 0.240 e. The summed E-state index contributed by atoms with van der Waals surface area (Å²) in [5, 5.41) is 10.3. The van der Waals surface area contributed by atoms with Gasteiger partial charge >= 0.3 is 0 Å². The second-order valence-electron chi connectivity index (χ2n) is 7.54. The molecule has 1 unspecified atom stereocenters. The van der Waals surface area contributed by atoms with Crippen LogP contribution in [0.3, 0.4) is 0 Å². The molecule has 0 radical (unpaired) electrons. The molecule has 150 valence electrons. The Labute approximate surface area is 163 Å². The Kier molecular flexibility index (Phi) is 5.17. The molecule has 0 saturated carbocycles. The van der Waals surface area contributed by atoms with E-state index in [2.05, 4.69) is 20.7 Å². The van der Waals surface area contributed by atoms with Gasteiger partial charge < -0.3 is 15.0 Å². The van der Waals surface area contributed by atoms with Gasteiger partial charge in [0.25, 0.3) is 0 Å². The number of piperidine rings is 1. The second kappa shape index (κ2) is 7.75. The number of carbonyl (C=O) groups excluding carboxylic acids is 2. The monoisotopic (exact) mass is 386 g/mol. The van der Waals surface area contributed by atoms with E-state index in [1.165, 1.54) is 0 Å². The van der Waals surface area contributed by atoms with Crippen LogP contribution in [0, 0.1) is 19.8 Å². The summed E-state index contributed by atoms with van der Waals surface area (Å²) in [5.41, 5.74) is 2.79. The van der Waals surface area contributed by atoms with Crippen LogP contribution in [-0.4, -0.2) is 63.7 Å². The number of carbonyl (C=O) groups is 2. The first-order chi connectivity index (χ1) is 13.5. The quantitative estimate of drug-likeness (QED) is 0.789. The van der Waals surface area contributed by atoms with E-state index in [-0.39, 0.29) is 18.2 Å². The zero-order valence-corrected chi connectivity index (χ0v) is 16.3. The Hall–Kier alpha value is -2.68. The van der Waals surface area contributed by atoms with Crippen LogP contribution in [0.4, 0.5) is 0 Å². The van der Waals surface area contributed by atoms with Gasteiger partial charge in [-0.15, -0.1) is 5.10 Å².